The zero-order valence-corrected chi connectivity index (χ0v) is 16.7. The van der Waals surface area contributed by atoms with Gasteiger partial charge in [-0.3, -0.25) is 4.98 Å². The van der Waals surface area contributed by atoms with Gasteiger partial charge < -0.3 is 10.1 Å². The number of nitrogens with one attached hydrogen (secondary N) is 1. The van der Waals surface area contributed by atoms with Crippen molar-refractivity contribution < 1.29 is 4.74 Å². The van der Waals surface area contributed by atoms with Gasteiger partial charge in [0.2, 0.25) is 0 Å². The van der Waals surface area contributed by atoms with Crippen LogP contribution in [0.2, 0.25) is 0 Å². The molecule has 0 aromatic carbocycles. The third-order valence-corrected chi connectivity index (χ3v) is 5.71. The second kappa shape index (κ2) is 6.35. The Hall–Kier alpha value is -2.84. The van der Waals surface area contributed by atoms with Crippen LogP contribution < -0.4 is 5.32 Å². The molecule has 8 heteroatoms. The maximum absolute atomic E-state index is 5.41. The lowest BCUT2D eigenvalue weighted by molar-refractivity contribution is -0.0318. The van der Waals surface area contributed by atoms with Crippen molar-refractivity contribution in [3.63, 3.8) is 0 Å². The summed E-state index contributed by atoms with van der Waals surface area (Å²) < 4.78 is 7.33. The second-order valence-electron chi connectivity index (χ2n) is 7.51. The zero-order chi connectivity index (χ0) is 19.3. The highest BCUT2D eigenvalue weighted by molar-refractivity contribution is 7.14. The maximum Gasteiger partial charge on any atom is 0.151 e. The van der Waals surface area contributed by atoms with Crippen LogP contribution in [0, 0.1) is 13.8 Å². The first kappa shape index (κ1) is 17.3. The largest absolute Gasteiger partial charge is 0.376 e. The van der Waals surface area contributed by atoms with Crippen LogP contribution in [0.5, 0.6) is 0 Å². The lowest BCUT2D eigenvalue weighted by Crippen LogP contribution is -2.53. The van der Waals surface area contributed by atoms with Gasteiger partial charge in [-0.15, -0.1) is 10.2 Å². The molecule has 5 heterocycles. The number of rotatable bonds is 4. The predicted octanol–water partition coefficient (Wildman–Crippen LogP) is 3.73. The summed E-state index contributed by atoms with van der Waals surface area (Å²) in [6.45, 7) is 7.50. The van der Waals surface area contributed by atoms with Crippen LogP contribution in [0.4, 0.5) is 5.69 Å². The molecule has 0 amide bonds. The Morgan fingerprint density at radius 1 is 1.14 bits per heavy atom. The zero-order valence-electron chi connectivity index (χ0n) is 15.9. The highest BCUT2D eigenvalue weighted by atomic mass is 32.1. The van der Waals surface area contributed by atoms with Gasteiger partial charge in [-0.05, 0) is 50.6 Å². The Labute approximate surface area is 166 Å². The van der Waals surface area contributed by atoms with Crippen LogP contribution in [-0.4, -0.2) is 43.5 Å². The van der Waals surface area contributed by atoms with Gasteiger partial charge in [-0.25, -0.2) is 4.52 Å². The summed E-state index contributed by atoms with van der Waals surface area (Å²) in [6, 6.07) is 8.30. The molecule has 0 saturated carbocycles. The minimum atomic E-state index is -0.0936. The smallest absolute Gasteiger partial charge is 0.151 e. The third-order valence-electron chi connectivity index (χ3n) is 4.84. The Morgan fingerprint density at radius 3 is 2.71 bits per heavy atom. The molecule has 0 bridgehead atoms. The molecule has 5 rings (SSSR count). The Bertz CT molecular complexity index is 1180. The van der Waals surface area contributed by atoms with E-state index in [1.807, 2.05) is 30.8 Å². The molecule has 4 aromatic rings. The summed E-state index contributed by atoms with van der Waals surface area (Å²) in [5, 5.41) is 18.4. The topological polar surface area (TPSA) is 77.2 Å². The number of ether oxygens (including phenoxy) is 1. The Morgan fingerprint density at radius 2 is 2.00 bits per heavy atom. The van der Waals surface area contributed by atoms with Crippen LogP contribution in [0.3, 0.4) is 0 Å². The minimum absolute atomic E-state index is 0.0936. The number of hydrogen-bond acceptors (Lipinski definition) is 7. The monoisotopic (exact) mass is 392 g/mol. The van der Waals surface area contributed by atoms with Gasteiger partial charge >= 0.3 is 0 Å². The van der Waals surface area contributed by atoms with Gasteiger partial charge in [0.05, 0.1) is 47.4 Å². The molecule has 0 radical (unpaired) electrons. The first-order valence-corrected chi connectivity index (χ1v) is 9.94. The SMILES string of the molecule is Cc1cnn2c(-c3cc(NC4(C)COC4)c(-c4nnc(C)s4)cn3)ccc2c1. The van der Waals surface area contributed by atoms with E-state index in [4.69, 9.17) is 9.72 Å². The van der Waals surface area contributed by atoms with Crippen molar-refractivity contribution in [3.8, 4) is 22.0 Å². The van der Waals surface area contributed by atoms with Crippen LogP contribution in [0.25, 0.3) is 27.5 Å². The first-order valence-electron chi connectivity index (χ1n) is 9.12. The summed E-state index contributed by atoms with van der Waals surface area (Å²) in [6.07, 6.45) is 3.73. The summed E-state index contributed by atoms with van der Waals surface area (Å²) >= 11 is 1.56. The highest BCUT2D eigenvalue weighted by Gasteiger charge is 2.34. The van der Waals surface area contributed by atoms with E-state index in [9.17, 15) is 0 Å². The molecule has 4 aromatic heterocycles. The number of fused-ring (bicyclic) bond motifs is 1. The third kappa shape index (κ3) is 2.94. The number of hydrogen-bond donors (Lipinski definition) is 1. The first-order chi connectivity index (χ1) is 13.5. The Balaban J connectivity index is 1.63. The van der Waals surface area contributed by atoms with Gasteiger partial charge in [-0.2, -0.15) is 5.10 Å². The van der Waals surface area contributed by atoms with E-state index in [1.54, 1.807) is 11.3 Å². The van der Waals surface area contributed by atoms with Crippen molar-refractivity contribution in [2.24, 2.45) is 0 Å². The molecule has 1 N–H and O–H groups in total. The van der Waals surface area contributed by atoms with Crippen LogP contribution >= 0.6 is 11.3 Å². The lowest BCUT2D eigenvalue weighted by Gasteiger charge is -2.40. The summed E-state index contributed by atoms with van der Waals surface area (Å²) in [5.41, 5.74) is 5.83. The fourth-order valence-electron chi connectivity index (χ4n) is 3.38. The summed E-state index contributed by atoms with van der Waals surface area (Å²) in [5.74, 6) is 0. The molecule has 142 valence electrons. The number of nitrogens with zero attached hydrogens (tertiary/aromatic N) is 5. The van der Waals surface area contributed by atoms with E-state index >= 15 is 0 Å². The molecule has 1 fully saturated rings. The molecule has 1 saturated heterocycles. The molecule has 0 unspecified atom stereocenters. The van der Waals surface area contributed by atoms with Crippen LogP contribution in [0.1, 0.15) is 17.5 Å². The fourth-order valence-corrected chi connectivity index (χ4v) is 4.09. The molecule has 7 nitrogen and oxygen atoms in total. The van der Waals surface area contributed by atoms with E-state index in [-0.39, 0.29) is 5.54 Å². The van der Waals surface area contributed by atoms with Crippen LogP contribution in [0.15, 0.2) is 36.7 Å². The number of anilines is 1. The van der Waals surface area contributed by atoms with Crippen molar-refractivity contribution in [2.45, 2.75) is 26.3 Å². The number of aryl methyl sites for hydroxylation is 2. The van der Waals surface area contributed by atoms with E-state index in [0.717, 1.165) is 43.7 Å². The van der Waals surface area contributed by atoms with E-state index in [0.29, 0.717) is 13.2 Å². The van der Waals surface area contributed by atoms with E-state index in [1.165, 1.54) is 0 Å². The van der Waals surface area contributed by atoms with E-state index < -0.39 is 0 Å². The molecular formula is C20H20N6OS. The standard InChI is InChI=1S/C20H20N6OS/c1-12-6-14-4-5-18(26(14)22-8-12)17-7-16(23-20(3)10-27-11-20)15(9-21-17)19-25-24-13(2)28-19/h4-9H,10-11H2,1-3H3,(H,21,23). The van der Waals surface area contributed by atoms with Crippen LogP contribution in [-0.2, 0) is 4.74 Å². The average molecular weight is 392 g/mol. The molecule has 1 aliphatic heterocycles. The fraction of sp³-hybridized carbons (Fsp3) is 0.300. The van der Waals surface area contributed by atoms with Crippen molar-refractivity contribution in [2.75, 3.05) is 18.5 Å². The quantitative estimate of drug-likeness (QED) is 0.570. The average Bonchev–Trinajstić information content (AvgIpc) is 3.26. The predicted molar refractivity (Wildman–Crippen MR) is 110 cm³/mol. The van der Waals surface area contributed by atoms with Gasteiger partial charge in [0, 0.05) is 11.9 Å². The second-order valence-corrected chi connectivity index (χ2v) is 8.69. The van der Waals surface area contributed by atoms with Crippen molar-refractivity contribution >= 4 is 22.5 Å². The molecule has 0 spiro atoms. The molecule has 28 heavy (non-hydrogen) atoms. The minimum Gasteiger partial charge on any atom is -0.376 e. The summed E-state index contributed by atoms with van der Waals surface area (Å²) in [7, 11) is 0. The van der Waals surface area contributed by atoms with Gasteiger partial charge in [0.15, 0.2) is 5.01 Å². The highest BCUT2D eigenvalue weighted by Crippen LogP contribution is 2.35. The molecule has 0 atom stereocenters. The van der Waals surface area contributed by atoms with Gasteiger partial charge in [0.25, 0.3) is 0 Å². The molecule has 1 aliphatic rings. The van der Waals surface area contributed by atoms with Crippen molar-refractivity contribution in [1.29, 1.82) is 0 Å². The maximum atomic E-state index is 5.41. The lowest BCUT2D eigenvalue weighted by atomic mass is 9.99. The van der Waals surface area contributed by atoms with Crippen molar-refractivity contribution in [3.05, 3.63) is 47.2 Å². The van der Waals surface area contributed by atoms with E-state index in [2.05, 4.69) is 51.8 Å². The number of pyridine rings is 1. The molecule has 0 aliphatic carbocycles. The molecular weight excluding hydrogens is 372 g/mol. The van der Waals surface area contributed by atoms with Gasteiger partial charge in [-0.1, -0.05) is 11.3 Å². The van der Waals surface area contributed by atoms with Crippen molar-refractivity contribution in [1.82, 2.24) is 24.8 Å². The normalized spacial score (nSPS) is 15.5. The van der Waals surface area contributed by atoms with Gasteiger partial charge in [0.1, 0.15) is 5.01 Å². The number of aromatic nitrogens is 5. The Kier molecular flexibility index (Phi) is 3.92. The summed E-state index contributed by atoms with van der Waals surface area (Å²) in [4.78, 5) is 4.72.